The van der Waals surface area contributed by atoms with Crippen LogP contribution in [-0.4, -0.2) is 37.2 Å². The first-order chi connectivity index (χ1) is 31.0. The summed E-state index contributed by atoms with van der Waals surface area (Å²) in [6.45, 7) is 6.49. The fourth-order valence-corrected chi connectivity index (χ4v) is 7.49. The van der Waals surface area contributed by atoms with Crippen molar-refractivity contribution in [3.63, 3.8) is 0 Å². The van der Waals surface area contributed by atoms with Gasteiger partial charge in [0.2, 0.25) is 0 Å². The number of rotatable bonds is 48. The molecular formula is C57H100O6. The Labute approximate surface area is 390 Å². The minimum Gasteiger partial charge on any atom is -0.462 e. The predicted octanol–water partition coefficient (Wildman–Crippen LogP) is 17.6. The standard InChI is InChI=1S/C57H100O6/c1-4-7-10-13-16-19-22-25-27-28-30-33-35-38-41-44-47-50-56(59)62-53-54(63-57(60)51-48-45-42-39-36-31-24-21-18-15-12-9-6-3)52-61-55(58)49-46-43-40-37-34-32-29-26-23-20-17-14-11-8-5-2/h8,11,17,20,25-27,29,34,37,54H,4-7,9-10,12-16,18-19,21-24,28,30-33,35-36,38-53H2,1-3H3/b11-8-,20-17-,27-25-,29-26-,37-34-/t54-/m1/s1. The third kappa shape index (κ3) is 50.0. The molecule has 6 heteroatoms. The molecule has 0 aliphatic carbocycles. The van der Waals surface area contributed by atoms with Crippen LogP contribution in [0.5, 0.6) is 0 Å². The van der Waals surface area contributed by atoms with Crippen molar-refractivity contribution >= 4 is 17.9 Å². The molecule has 0 saturated carbocycles. The van der Waals surface area contributed by atoms with Crippen LogP contribution in [0.15, 0.2) is 60.8 Å². The Hall–Kier alpha value is -2.89. The Kier molecular flexibility index (Phi) is 49.4. The predicted molar refractivity (Wildman–Crippen MR) is 270 cm³/mol. The molecule has 0 radical (unpaired) electrons. The van der Waals surface area contributed by atoms with Crippen LogP contribution < -0.4 is 0 Å². The van der Waals surface area contributed by atoms with E-state index in [2.05, 4.69) is 81.5 Å². The second-order valence-corrected chi connectivity index (χ2v) is 17.8. The molecule has 364 valence electrons. The van der Waals surface area contributed by atoms with Gasteiger partial charge in [0.15, 0.2) is 6.10 Å². The van der Waals surface area contributed by atoms with Crippen LogP contribution in [-0.2, 0) is 28.6 Å². The molecule has 0 aromatic carbocycles. The van der Waals surface area contributed by atoms with Crippen LogP contribution in [0.1, 0.15) is 265 Å². The minimum absolute atomic E-state index is 0.0876. The number of carbonyl (C=O) groups excluding carboxylic acids is 3. The van der Waals surface area contributed by atoms with Crippen LogP contribution in [0, 0.1) is 0 Å². The number of unbranched alkanes of at least 4 members (excludes halogenated alkanes) is 27. The lowest BCUT2D eigenvalue weighted by Crippen LogP contribution is -2.30. The molecule has 0 aromatic heterocycles. The van der Waals surface area contributed by atoms with E-state index in [-0.39, 0.29) is 31.1 Å². The third-order valence-electron chi connectivity index (χ3n) is 11.5. The highest BCUT2D eigenvalue weighted by Gasteiger charge is 2.19. The smallest absolute Gasteiger partial charge is 0.306 e. The third-order valence-corrected chi connectivity index (χ3v) is 11.5. The molecule has 1 atom stereocenters. The van der Waals surface area contributed by atoms with Gasteiger partial charge in [0, 0.05) is 19.3 Å². The Morgan fingerprint density at radius 3 is 1.02 bits per heavy atom. The van der Waals surface area contributed by atoms with E-state index >= 15 is 0 Å². The highest BCUT2D eigenvalue weighted by molar-refractivity contribution is 5.71. The number of hydrogen-bond donors (Lipinski definition) is 0. The van der Waals surface area contributed by atoms with E-state index in [0.29, 0.717) is 19.3 Å². The largest absolute Gasteiger partial charge is 0.462 e. The first kappa shape index (κ1) is 60.1. The Morgan fingerprint density at radius 1 is 0.333 bits per heavy atom. The van der Waals surface area contributed by atoms with Gasteiger partial charge in [-0.2, -0.15) is 0 Å². The Bertz CT molecular complexity index is 1150. The number of hydrogen-bond acceptors (Lipinski definition) is 6. The highest BCUT2D eigenvalue weighted by Crippen LogP contribution is 2.15. The summed E-state index contributed by atoms with van der Waals surface area (Å²) in [6, 6.07) is 0. The van der Waals surface area contributed by atoms with Crippen molar-refractivity contribution in [3.8, 4) is 0 Å². The van der Waals surface area contributed by atoms with Gasteiger partial charge in [-0.3, -0.25) is 14.4 Å². The molecule has 0 fully saturated rings. The second-order valence-electron chi connectivity index (χ2n) is 17.8. The van der Waals surface area contributed by atoms with Crippen molar-refractivity contribution in [2.75, 3.05) is 13.2 Å². The molecule has 63 heavy (non-hydrogen) atoms. The summed E-state index contributed by atoms with van der Waals surface area (Å²) >= 11 is 0. The van der Waals surface area contributed by atoms with Gasteiger partial charge in [0.05, 0.1) is 0 Å². The second kappa shape index (κ2) is 51.7. The van der Waals surface area contributed by atoms with E-state index in [9.17, 15) is 14.4 Å². The average Bonchev–Trinajstić information content (AvgIpc) is 3.28. The first-order valence-electron chi connectivity index (χ1n) is 26.8. The van der Waals surface area contributed by atoms with E-state index in [1.54, 1.807) is 0 Å². The van der Waals surface area contributed by atoms with Crippen molar-refractivity contribution in [1.82, 2.24) is 0 Å². The van der Waals surface area contributed by atoms with Gasteiger partial charge in [-0.1, -0.05) is 223 Å². The lowest BCUT2D eigenvalue weighted by molar-refractivity contribution is -0.167. The van der Waals surface area contributed by atoms with Gasteiger partial charge in [0.25, 0.3) is 0 Å². The van der Waals surface area contributed by atoms with Gasteiger partial charge in [-0.25, -0.2) is 0 Å². The van der Waals surface area contributed by atoms with E-state index < -0.39 is 6.10 Å². The molecule has 0 aliphatic heterocycles. The molecule has 0 unspecified atom stereocenters. The molecule has 0 N–H and O–H groups in total. The maximum atomic E-state index is 12.8. The molecule has 0 bridgehead atoms. The van der Waals surface area contributed by atoms with Gasteiger partial charge in [-0.05, 0) is 83.5 Å². The summed E-state index contributed by atoms with van der Waals surface area (Å²) in [5.41, 5.74) is 0. The number of ether oxygens (including phenoxy) is 3. The first-order valence-corrected chi connectivity index (χ1v) is 26.8. The SMILES string of the molecule is CC/C=C\C/C=C\C/C=C\C/C=C\CCCCC(=O)OC[C@H](COC(=O)CCCCCCCCC/C=C\CCCCCCCC)OC(=O)CCCCCCCCCCCCCCC. The summed E-state index contributed by atoms with van der Waals surface area (Å²) in [6.07, 6.45) is 63.5. The highest BCUT2D eigenvalue weighted by atomic mass is 16.6. The molecule has 6 nitrogen and oxygen atoms in total. The molecule has 0 heterocycles. The topological polar surface area (TPSA) is 78.9 Å². The number of carbonyl (C=O) groups is 3. The quantitative estimate of drug-likeness (QED) is 0.0262. The van der Waals surface area contributed by atoms with Crippen molar-refractivity contribution in [2.24, 2.45) is 0 Å². The molecule has 0 aromatic rings. The summed E-state index contributed by atoms with van der Waals surface area (Å²) < 4.78 is 16.8. The zero-order valence-electron chi connectivity index (χ0n) is 41.6. The lowest BCUT2D eigenvalue weighted by Gasteiger charge is -2.18. The van der Waals surface area contributed by atoms with Gasteiger partial charge < -0.3 is 14.2 Å². The summed E-state index contributed by atoms with van der Waals surface area (Å²) in [4.78, 5) is 38.0. The summed E-state index contributed by atoms with van der Waals surface area (Å²) in [5, 5.41) is 0. The van der Waals surface area contributed by atoms with E-state index in [0.717, 1.165) is 83.5 Å². The van der Waals surface area contributed by atoms with E-state index in [1.807, 2.05) is 0 Å². The van der Waals surface area contributed by atoms with E-state index in [1.165, 1.54) is 141 Å². The molecule has 0 aliphatic rings. The normalized spacial score (nSPS) is 12.5. The molecule has 0 amide bonds. The van der Waals surface area contributed by atoms with E-state index in [4.69, 9.17) is 14.2 Å². The van der Waals surface area contributed by atoms with Crippen LogP contribution >= 0.6 is 0 Å². The maximum Gasteiger partial charge on any atom is 0.306 e. The zero-order chi connectivity index (χ0) is 45.8. The van der Waals surface area contributed by atoms with Crippen LogP contribution in [0.3, 0.4) is 0 Å². The molecular weight excluding hydrogens is 781 g/mol. The van der Waals surface area contributed by atoms with Crippen molar-refractivity contribution < 1.29 is 28.6 Å². The molecule has 0 rings (SSSR count). The van der Waals surface area contributed by atoms with Crippen molar-refractivity contribution in [3.05, 3.63) is 60.8 Å². The monoisotopic (exact) mass is 881 g/mol. The van der Waals surface area contributed by atoms with Crippen LogP contribution in [0.4, 0.5) is 0 Å². The average molecular weight is 881 g/mol. The van der Waals surface area contributed by atoms with Crippen LogP contribution in [0.2, 0.25) is 0 Å². The zero-order valence-corrected chi connectivity index (χ0v) is 41.6. The van der Waals surface area contributed by atoms with Gasteiger partial charge >= 0.3 is 17.9 Å². The Morgan fingerprint density at radius 2 is 0.619 bits per heavy atom. The fraction of sp³-hybridized carbons (Fsp3) is 0.772. The van der Waals surface area contributed by atoms with Crippen molar-refractivity contribution in [2.45, 2.75) is 271 Å². The maximum absolute atomic E-state index is 12.8. The molecule has 0 saturated heterocycles. The minimum atomic E-state index is -0.790. The number of allylic oxidation sites excluding steroid dienone is 10. The summed E-state index contributed by atoms with van der Waals surface area (Å²) in [7, 11) is 0. The number of esters is 3. The van der Waals surface area contributed by atoms with Gasteiger partial charge in [-0.15, -0.1) is 0 Å². The Balaban J connectivity index is 4.41. The van der Waals surface area contributed by atoms with Crippen LogP contribution in [0.25, 0.3) is 0 Å². The van der Waals surface area contributed by atoms with Gasteiger partial charge in [0.1, 0.15) is 13.2 Å². The summed E-state index contributed by atoms with van der Waals surface area (Å²) in [5.74, 6) is -0.927. The fourth-order valence-electron chi connectivity index (χ4n) is 7.49. The molecule has 0 spiro atoms. The lowest BCUT2D eigenvalue weighted by atomic mass is 10.0. The van der Waals surface area contributed by atoms with Crippen molar-refractivity contribution in [1.29, 1.82) is 0 Å².